The Morgan fingerprint density at radius 3 is 2.47 bits per heavy atom. The van der Waals surface area contributed by atoms with Gasteiger partial charge in [0.25, 0.3) is 0 Å². The molecule has 1 N–H and O–H groups in total. The lowest BCUT2D eigenvalue weighted by Gasteiger charge is -2.29. The Morgan fingerprint density at radius 2 is 1.74 bits per heavy atom. The quantitative estimate of drug-likeness (QED) is 0.662. The molecule has 0 aliphatic carbocycles. The van der Waals surface area contributed by atoms with Gasteiger partial charge in [0.1, 0.15) is 6.04 Å². The largest absolute Gasteiger partial charge is 0.372 e. The maximum Gasteiger partial charge on any atom is 0.241 e. The predicted octanol–water partition coefficient (Wildman–Crippen LogP) is 3.04. The Hall–Kier alpha value is -2.36. The molecule has 3 rings (SSSR count). The minimum atomic E-state index is -0.628. The first-order chi connectivity index (χ1) is 9.25. The number of fused-ring (bicyclic) bond motifs is 1. The van der Waals surface area contributed by atoms with Gasteiger partial charge in [-0.15, -0.1) is 0 Å². The standard InChI is InChI=1S/C15H14N2O2/c18-17(19)14-10-12-8-4-5-9-13(12)16-15(14)11-6-2-1-3-7-11/h1-9,14-16H,10H2/t14-,15+/m1/s1. The van der Waals surface area contributed by atoms with Gasteiger partial charge in [0.2, 0.25) is 6.04 Å². The van der Waals surface area contributed by atoms with Crippen LogP contribution in [-0.4, -0.2) is 11.0 Å². The summed E-state index contributed by atoms with van der Waals surface area (Å²) >= 11 is 0. The number of benzene rings is 2. The molecule has 0 saturated heterocycles. The van der Waals surface area contributed by atoms with E-state index in [2.05, 4.69) is 5.32 Å². The summed E-state index contributed by atoms with van der Waals surface area (Å²) in [6.45, 7) is 0. The second-order valence-electron chi connectivity index (χ2n) is 4.75. The number of nitrogens with one attached hydrogen (secondary N) is 1. The van der Waals surface area contributed by atoms with Crippen LogP contribution in [0, 0.1) is 10.1 Å². The average molecular weight is 254 g/mol. The van der Waals surface area contributed by atoms with Crippen LogP contribution in [0.25, 0.3) is 0 Å². The summed E-state index contributed by atoms with van der Waals surface area (Å²) in [5, 5.41) is 14.6. The van der Waals surface area contributed by atoms with Crippen LogP contribution in [-0.2, 0) is 6.42 Å². The zero-order valence-corrected chi connectivity index (χ0v) is 10.3. The van der Waals surface area contributed by atoms with E-state index < -0.39 is 6.04 Å². The van der Waals surface area contributed by atoms with E-state index in [4.69, 9.17) is 0 Å². The molecule has 1 aliphatic rings. The maximum atomic E-state index is 11.3. The highest BCUT2D eigenvalue weighted by Crippen LogP contribution is 2.33. The van der Waals surface area contributed by atoms with E-state index in [1.165, 1.54) is 0 Å². The van der Waals surface area contributed by atoms with Crippen LogP contribution in [0.3, 0.4) is 0 Å². The normalized spacial score (nSPS) is 21.3. The Labute approximate surface area is 111 Å². The van der Waals surface area contributed by atoms with Gasteiger partial charge in [0, 0.05) is 17.0 Å². The van der Waals surface area contributed by atoms with E-state index in [9.17, 15) is 10.1 Å². The van der Waals surface area contributed by atoms with Crippen molar-refractivity contribution in [3.63, 3.8) is 0 Å². The molecular formula is C15H14N2O2. The highest BCUT2D eigenvalue weighted by Gasteiger charge is 2.37. The van der Waals surface area contributed by atoms with Crippen LogP contribution >= 0.6 is 0 Å². The summed E-state index contributed by atoms with van der Waals surface area (Å²) in [5.74, 6) is 0. The average Bonchev–Trinajstić information content (AvgIpc) is 2.46. The molecule has 0 aromatic heterocycles. The van der Waals surface area contributed by atoms with Crippen LogP contribution < -0.4 is 5.32 Å². The summed E-state index contributed by atoms with van der Waals surface area (Å²) in [7, 11) is 0. The van der Waals surface area contributed by atoms with Crippen molar-refractivity contribution in [1.82, 2.24) is 0 Å². The Morgan fingerprint density at radius 1 is 1.05 bits per heavy atom. The highest BCUT2D eigenvalue weighted by molar-refractivity contribution is 5.55. The predicted molar refractivity (Wildman–Crippen MR) is 73.7 cm³/mol. The molecule has 1 aliphatic heterocycles. The lowest BCUT2D eigenvalue weighted by atomic mass is 9.89. The zero-order chi connectivity index (χ0) is 13.2. The van der Waals surface area contributed by atoms with Crippen molar-refractivity contribution in [2.45, 2.75) is 18.5 Å². The van der Waals surface area contributed by atoms with Gasteiger partial charge in [-0.05, 0) is 17.2 Å². The first kappa shape index (κ1) is 11.7. The topological polar surface area (TPSA) is 55.2 Å². The van der Waals surface area contributed by atoms with Crippen molar-refractivity contribution in [1.29, 1.82) is 0 Å². The van der Waals surface area contributed by atoms with E-state index in [1.807, 2.05) is 54.6 Å². The second-order valence-corrected chi connectivity index (χ2v) is 4.75. The molecule has 2 atom stereocenters. The third-order valence-electron chi connectivity index (χ3n) is 3.57. The van der Waals surface area contributed by atoms with Gasteiger partial charge >= 0.3 is 0 Å². The number of hydrogen-bond donors (Lipinski definition) is 1. The summed E-state index contributed by atoms with van der Waals surface area (Å²) in [5.41, 5.74) is 2.96. The second kappa shape index (κ2) is 4.72. The van der Waals surface area contributed by atoms with Gasteiger partial charge in [-0.2, -0.15) is 0 Å². The minimum absolute atomic E-state index is 0.180. The van der Waals surface area contributed by atoms with Gasteiger partial charge in [0.05, 0.1) is 0 Å². The van der Waals surface area contributed by atoms with Crippen LogP contribution in [0.4, 0.5) is 5.69 Å². The summed E-state index contributed by atoms with van der Waals surface area (Å²) in [6.07, 6.45) is 0.468. The summed E-state index contributed by atoms with van der Waals surface area (Å²) < 4.78 is 0. The monoisotopic (exact) mass is 254 g/mol. The molecule has 2 aromatic rings. The molecule has 0 amide bonds. The van der Waals surface area contributed by atoms with Crippen LogP contribution in [0.5, 0.6) is 0 Å². The number of nitro groups is 1. The molecule has 0 bridgehead atoms. The molecule has 4 heteroatoms. The van der Waals surface area contributed by atoms with Gasteiger partial charge in [0.15, 0.2) is 0 Å². The molecule has 4 nitrogen and oxygen atoms in total. The lowest BCUT2D eigenvalue weighted by Crippen LogP contribution is -2.38. The SMILES string of the molecule is O=[N+]([O-])[C@@H]1Cc2ccccc2N[C@H]1c1ccccc1. The van der Waals surface area contributed by atoms with Crippen molar-refractivity contribution < 1.29 is 4.92 Å². The smallest absolute Gasteiger partial charge is 0.241 e. The van der Waals surface area contributed by atoms with Crippen molar-refractivity contribution in [3.8, 4) is 0 Å². The van der Waals surface area contributed by atoms with E-state index >= 15 is 0 Å². The van der Waals surface area contributed by atoms with Crippen molar-refractivity contribution in [3.05, 3.63) is 75.8 Å². The minimum Gasteiger partial charge on any atom is -0.372 e. The van der Waals surface area contributed by atoms with Gasteiger partial charge in [-0.25, -0.2) is 0 Å². The van der Waals surface area contributed by atoms with Crippen LogP contribution in [0.1, 0.15) is 17.2 Å². The molecule has 0 radical (unpaired) electrons. The van der Waals surface area contributed by atoms with Crippen LogP contribution in [0.15, 0.2) is 54.6 Å². The fourth-order valence-electron chi connectivity index (χ4n) is 2.61. The molecular weight excluding hydrogens is 240 g/mol. The number of anilines is 1. The summed E-state index contributed by atoms with van der Waals surface area (Å²) in [6, 6.07) is 16.5. The molecule has 0 saturated carbocycles. The van der Waals surface area contributed by atoms with E-state index in [0.717, 1.165) is 16.8 Å². The number of rotatable bonds is 2. The molecule has 0 spiro atoms. The fourth-order valence-corrected chi connectivity index (χ4v) is 2.61. The molecule has 0 fully saturated rings. The maximum absolute atomic E-state index is 11.3. The van der Waals surface area contributed by atoms with Crippen molar-refractivity contribution in [2.75, 3.05) is 5.32 Å². The number of para-hydroxylation sites is 1. The van der Waals surface area contributed by atoms with Gasteiger partial charge in [-0.3, -0.25) is 10.1 Å². The molecule has 2 aromatic carbocycles. The number of hydrogen-bond acceptors (Lipinski definition) is 3. The molecule has 0 unspecified atom stereocenters. The first-order valence-electron chi connectivity index (χ1n) is 6.28. The third-order valence-corrected chi connectivity index (χ3v) is 3.57. The third kappa shape index (κ3) is 2.17. The van der Waals surface area contributed by atoms with E-state index in [0.29, 0.717) is 6.42 Å². The van der Waals surface area contributed by atoms with Gasteiger partial charge < -0.3 is 5.32 Å². The molecule has 96 valence electrons. The zero-order valence-electron chi connectivity index (χ0n) is 10.3. The first-order valence-corrected chi connectivity index (χ1v) is 6.28. The summed E-state index contributed by atoms with van der Waals surface area (Å²) in [4.78, 5) is 11.1. The molecule has 19 heavy (non-hydrogen) atoms. The fraction of sp³-hybridized carbons (Fsp3) is 0.200. The van der Waals surface area contributed by atoms with Gasteiger partial charge in [-0.1, -0.05) is 48.5 Å². The highest BCUT2D eigenvalue weighted by atomic mass is 16.6. The Bertz CT molecular complexity index is 598. The Balaban J connectivity index is 2.01. The van der Waals surface area contributed by atoms with E-state index in [1.54, 1.807) is 0 Å². The van der Waals surface area contributed by atoms with E-state index in [-0.39, 0.29) is 11.0 Å². The lowest BCUT2D eigenvalue weighted by molar-refractivity contribution is -0.525. The Kier molecular flexibility index (Phi) is 2.91. The van der Waals surface area contributed by atoms with Crippen molar-refractivity contribution in [2.24, 2.45) is 0 Å². The van der Waals surface area contributed by atoms with Crippen LogP contribution in [0.2, 0.25) is 0 Å². The molecule has 1 heterocycles. The number of nitrogens with zero attached hydrogens (tertiary/aromatic N) is 1. The van der Waals surface area contributed by atoms with Crippen molar-refractivity contribution >= 4 is 5.69 Å².